The highest BCUT2D eigenvalue weighted by atomic mass is 35.5. The summed E-state index contributed by atoms with van der Waals surface area (Å²) in [4.78, 5) is 0. The van der Waals surface area contributed by atoms with Gasteiger partial charge in [0, 0.05) is 11.1 Å². The fourth-order valence-electron chi connectivity index (χ4n) is 3.97. The van der Waals surface area contributed by atoms with Crippen LogP contribution >= 0.6 is 0 Å². The number of imidazole rings is 1. The van der Waals surface area contributed by atoms with E-state index in [1.807, 2.05) is 0 Å². The Hall–Kier alpha value is -3.04. The fraction of sp³-hybridized carbons (Fsp3) is 0.160. The molecular weight excluding hydrogens is 380 g/mol. The van der Waals surface area contributed by atoms with E-state index < -0.39 is 0 Å². The average molecular weight is 403 g/mol. The van der Waals surface area contributed by atoms with Crippen molar-refractivity contribution in [2.24, 2.45) is 0 Å². The lowest BCUT2D eigenvalue weighted by atomic mass is 10.0. The Balaban J connectivity index is 0.00000205. The van der Waals surface area contributed by atoms with Crippen LogP contribution in [-0.2, 0) is 13.1 Å². The van der Waals surface area contributed by atoms with Gasteiger partial charge in [-0.15, -0.1) is 0 Å². The highest BCUT2D eigenvalue weighted by Crippen LogP contribution is 2.32. The lowest BCUT2D eigenvalue weighted by molar-refractivity contribution is -0.663. The van der Waals surface area contributed by atoms with Crippen LogP contribution in [0.5, 0.6) is 5.75 Å². The Labute approximate surface area is 177 Å². The van der Waals surface area contributed by atoms with E-state index in [0.717, 1.165) is 18.8 Å². The van der Waals surface area contributed by atoms with Crippen LogP contribution in [0.15, 0.2) is 85.2 Å². The van der Waals surface area contributed by atoms with E-state index in [-0.39, 0.29) is 12.4 Å². The second kappa shape index (κ2) is 8.14. The summed E-state index contributed by atoms with van der Waals surface area (Å²) >= 11 is 0. The Bertz CT molecular complexity index is 1180. The number of aromatic nitrogens is 2. The van der Waals surface area contributed by atoms with Crippen LogP contribution in [0.2, 0.25) is 0 Å². The number of nitrogens with zero attached hydrogens (tertiary/aromatic N) is 2. The first-order valence-electron chi connectivity index (χ1n) is 9.72. The van der Waals surface area contributed by atoms with Crippen molar-refractivity contribution < 1.29 is 21.7 Å². The SMILES string of the molecule is Cc1ccc2c(c1)C(Cn1c[n+](Cc3ccccc3)c3ccccc31)=CCO2.[Cl-]. The molecule has 1 aliphatic heterocycles. The molecule has 3 nitrogen and oxygen atoms in total. The molecule has 0 amide bonds. The van der Waals surface area contributed by atoms with Gasteiger partial charge in [0.05, 0.1) is 0 Å². The predicted octanol–water partition coefficient (Wildman–Crippen LogP) is 1.77. The van der Waals surface area contributed by atoms with Crippen LogP contribution in [0.4, 0.5) is 0 Å². The molecule has 0 spiro atoms. The molecule has 146 valence electrons. The summed E-state index contributed by atoms with van der Waals surface area (Å²) in [5, 5.41) is 0. The highest BCUT2D eigenvalue weighted by molar-refractivity contribution is 5.76. The zero-order chi connectivity index (χ0) is 18.9. The Morgan fingerprint density at radius 2 is 1.76 bits per heavy atom. The van der Waals surface area contributed by atoms with Gasteiger partial charge in [-0.3, -0.25) is 0 Å². The van der Waals surface area contributed by atoms with Gasteiger partial charge in [-0.2, -0.15) is 0 Å². The molecule has 0 bridgehead atoms. The second-order valence-corrected chi connectivity index (χ2v) is 7.39. The van der Waals surface area contributed by atoms with Gasteiger partial charge in [0.15, 0.2) is 11.0 Å². The van der Waals surface area contributed by atoms with Crippen molar-refractivity contribution in [2.45, 2.75) is 20.0 Å². The van der Waals surface area contributed by atoms with Crippen LogP contribution in [-0.4, -0.2) is 11.2 Å². The molecule has 4 aromatic rings. The van der Waals surface area contributed by atoms with E-state index in [1.165, 1.54) is 33.3 Å². The molecule has 0 unspecified atom stereocenters. The van der Waals surface area contributed by atoms with E-state index in [0.29, 0.717) is 6.61 Å². The number of ether oxygens (including phenoxy) is 1. The van der Waals surface area contributed by atoms with E-state index in [1.54, 1.807) is 0 Å². The molecule has 5 rings (SSSR count). The molecule has 0 aliphatic carbocycles. The number of para-hydroxylation sites is 2. The standard InChI is InChI=1S/C25H23N2O.ClH/c1-19-11-12-25-22(15-19)21(13-14-28-25)17-27-18-26(16-20-7-3-2-4-8-20)23-9-5-6-10-24(23)27;/h2-13,15,18H,14,16-17H2,1H3;1H/q+1;/p-1. The maximum atomic E-state index is 5.83. The van der Waals surface area contributed by atoms with Crippen molar-refractivity contribution in [3.8, 4) is 5.75 Å². The first-order chi connectivity index (χ1) is 13.8. The minimum Gasteiger partial charge on any atom is -1.00 e. The van der Waals surface area contributed by atoms with Gasteiger partial charge in [0.2, 0.25) is 6.33 Å². The number of aryl methyl sites for hydroxylation is 1. The number of hydrogen-bond donors (Lipinski definition) is 0. The molecular formula is C25H23ClN2O. The summed E-state index contributed by atoms with van der Waals surface area (Å²) in [6.45, 7) is 4.47. The van der Waals surface area contributed by atoms with Gasteiger partial charge >= 0.3 is 0 Å². The Morgan fingerprint density at radius 1 is 0.966 bits per heavy atom. The van der Waals surface area contributed by atoms with Crippen molar-refractivity contribution in [3.05, 3.63) is 102 Å². The number of fused-ring (bicyclic) bond motifs is 2. The maximum absolute atomic E-state index is 5.83. The molecule has 1 aliphatic rings. The fourth-order valence-corrected chi connectivity index (χ4v) is 3.97. The van der Waals surface area contributed by atoms with E-state index >= 15 is 0 Å². The van der Waals surface area contributed by atoms with E-state index in [9.17, 15) is 0 Å². The monoisotopic (exact) mass is 402 g/mol. The van der Waals surface area contributed by atoms with Crippen molar-refractivity contribution in [2.75, 3.05) is 6.61 Å². The second-order valence-electron chi connectivity index (χ2n) is 7.39. The van der Waals surface area contributed by atoms with Gasteiger partial charge in [-0.1, -0.05) is 54.1 Å². The first-order valence-corrected chi connectivity index (χ1v) is 9.72. The van der Waals surface area contributed by atoms with E-state index in [4.69, 9.17) is 4.74 Å². The molecule has 2 heterocycles. The largest absolute Gasteiger partial charge is 1.00 e. The number of hydrogen-bond acceptors (Lipinski definition) is 1. The lowest BCUT2D eigenvalue weighted by Gasteiger charge is -2.18. The van der Waals surface area contributed by atoms with Gasteiger partial charge in [-0.05, 0) is 42.8 Å². The summed E-state index contributed by atoms with van der Waals surface area (Å²) in [5.41, 5.74) is 7.59. The van der Waals surface area contributed by atoms with Crippen molar-refractivity contribution in [3.63, 3.8) is 0 Å². The molecule has 0 N–H and O–H groups in total. The van der Waals surface area contributed by atoms with Crippen LogP contribution in [0.1, 0.15) is 16.7 Å². The normalized spacial score (nSPS) is 12.7. The van der Waals surface area contributed by atoms with Gasteiger partial charge in [0.25, 0.3) is 0 Å². The van der Waals surface area contributed by atoms with Crippen LogP contribution in [0.3, 0.4) is 0 Å². The quantitative estimate of drug-likeness (QED) is 0.476. The summed E-state index contributed by atoms with van der Waals surface area (Å²) in [6.07, 6.45) is 4.45. The molecule has 29 heavy (non-hydrogen) atoms. The molecule has 3 aromatic carbocycles. The number of halogens is 1. The topological polar surface area (TPSA) is 18.0 Å². The summed E-state index contributed by atoms with van der Waals surface area (Å²) in [6, 6.07) is 25.7. The average Bonchev–Trinajstić information content (AvgIpc) is 3.07. The molecule has 0 saturated heterocycles. The minimum atomic E-state index is 0. The minimum absolute atomic E-state index is 0. The lowest BCUT2D eigenvalue weighted by Crippen LogP contribution is -3.00. The summed E-state index contributed by atoms with van der Waals surface area (Å²) < 4.78 is 10.5. The molecule has 1 aromatic heterocycles. The predicted molar refractivity (Wildman–Crippen MR) is 112 cm³/mol. The molecule has 0 atom stereocenters. The zero-order valence-corrected chi connectivity index (χ0v) is 17.1. The number of benzene rings is 3. The van der Waals surface area contributed by atoms with Crippen molar-refractivity contribution in [1.82, 2.24) is 4.57 Å². The number of allylic oxidation sites excluding steroid dienone is 1. The van der Waals surface area contributed by atoms with Gasteiger partial charge < -0.3 is 17.1 Å². The van der Waals surface area contributed by atoms with Crippen molar-refractivity contribution >= 4 is 16.6 Å². The van der Waals surface area contributed by atoms with Crippen LogP contribution in [0, 0.1) is 6.92 Å². The van der Waals surface area contributed by atoms with E-state index in [2.05, 4.69) is 101 Å². The first kappa shape index (κ1) is 19.3. The summed E-state index contributed by atoms with van der Waals surface area (Å²) in [7, 11) is 0. The third kappa shape index (κ3) is 3.79. The molecule has 4 heteroatoms. The smallest absolute Gasteiger partial charge is 0.245 e. The Kier molecular flexibility index (Phi) is 5.41. The number of rotatable bonds is 4. The third-order valence-corrected chi connectivity index (χ3v) is 5.37. The molecule has 0 fully saturated rings. The van der Waals surface area contributed by atoms with Crippen LogP contribution in [0.25, 0.3) is 16.6 Å². The summed E-state index contributed by atoms with van der Waals surface area (Å²) in [5.74, 6) is 0.983. The Morgan fingerprint density at radius 3 is 2.62 bits per heavy atom. The zero-order valence-electron chi connectivity index (χ0n) is 16.4. The maximum Gasteiger partial charge on any atom is 0.245 e. The van der Waals surface area contributed by atoms with Gasteiger partial charge in [-0.25, -0.2) is 9.13 Å². The van der Waals surface area contributed by atoms with Crippen LogP contribution < -0.4 is 21.7 Å². The van der Waals surface area contributed by atoms with Gasteiger partial charge in [0.1, 0.15) is 25.4 Å². The van der Waals surface area contributed by atoms with Crippen molar-refractivity contribution in [1.29, 1.82) is 0 Å². The highest BCUT2D eigenvalue weighted by Gasteiger charge is 2.20. The molecule has 0 radical (unpaired) electrons. The third-order valence-electron chi connectivity index (χ3n) is 5.37. The molecule has 0 saturated carbocycles.